The van der Waals surface area contributed by atoms with E-state index in [9.17, 15) is 0 Å². The van der Waals surface area contributed by atoms with Crippen LogP contribution in [0.1, 0.15) is 38.7 Å². The maximum Gasteiger partial charge on any atom is 0.157 e. The fourth-order valence-corrected chi connectivity index (χ4v) is 2.58. The fourth-order valence-electron chi connectivity index (χ4n) is 2.58. The van der Waals surface area contributed by atoms with E-state index in [4.69, 9.17) is 23.7 Å². The SMILES string of the molecule is C[C@H](OCCOCc1ccccc1)[C@H](C)OCCOC1CCCCO1. The second-order valence-electron chi connectivity index (χ2n) is 6.36. The van der Waals surface area contributed by atoms with Crippen LogP contribution in [0.3, 0.4) is 0 Å². The first-order valence-corrected chi connectivity index (χ1v) is 9.34. The molecule has 0 saturated carbocycles. The lowest BCUT2D eigenvalue weighted by Gasteiger charge is -2.24. The predicted octanol–water partition coefficient (Wildman–Crippen LogP) is 3.56. The summed E-state index contributed by atoms with van der Waals surface area (Å²) >= 11 is 0. The van der Waals surface area contributed by atoms with Crippen molar-refractivity contribution in [2.24, 2.45) is 0 Å². The van der Waals surface area contributed by atoms with Crippen molar-refractivity contribution in [3.63, 3.8) is 0 Å². The number of benzene rings is 1. The second kappa shape index (κ2) is 12.4. The van der Waals surface area contributed by atoms with Gasteiger partial charge in [-0.1, -0.05) is 30.3 Å². The van der Waals surface area contributed by atoms with Gasteiger partial charge in [-0.2, -0.15) is 0 Å². The first-order chi connectivity index (χ1) is 12.3. The largest absolute Gasteiger partial charge is 0.374 e. The predicted molar refractivity (Wildman–Crippen MR) is 96.5 cm³/mol. The van der Waals surface area contributed by atoms with Gasteiger partial charge in [0.1, 0.15) is 0 Å². The summed E-state index contributed by atoms with van der Waals surface area (Å²) in [6.07, 6.45) is 3.29. The molecule has 0 amide bonds. The number of rotatable bonds is 12. The Bertz CT molecular complexity index is 433. The Morgan fingerprint density at radius 1 is 0.960 bits per heavy atom. The highest BCUT2D eigenvalue weighted by Crippen LogP contribution is 2.13. The average Bonchev–Trinajstić information content (AvgIpc) is 2.66. The lowest BCUT2D eigenvalue weighted by Crippen LogP contribution is -2.30. The van der Waals surface area contributed by atoms with E-state index in [1.54, 1.807) is 0 Å². The summed E-state index contributed by atoms with van der Waals surface area (Å²) in [5, 5.41) is 0. The Balaban J connectivity index is 1.45. The molecule has 0 bridgehead atoms. The maximum absolute atomic E-state index is 5.77. The minimum atomic E-state index is -0.0527. The summed E-state index contributed by atoms with van der Waals surface area (Å²) < 4.78 is 28.3. The molecule has 1 aromatic rings. The Hall–Kier alpha value is -0.980. The van der Waals surface area contributed by atoms with Gasteiger partial charge in [0.2, 0.25) is 0 Å². The third-order valence-corrected chi connectivity index (χ3v) is 4.29. The highest BCUT2D eigenvalue weighted by atomic mass is 16.7. The molecule has 1 aliphatic heterocycles. The van der Waals surface area contributed by atoms with E-state index in [1.165, 1.54) is 12.0 Å². The molecule has 5 heteroatoms. The molecule has 1 aromatic carbocycles. The Labute approximate surface area is 151 Å². The topological polar surface area (TPSA) is 46.2 Å². The fraction of sp³-hybridized carbons (Fsp3) is 0.700. The molecule has 142 valence electrons. The van der Waals surface area contributed by atoms with Gasteiger partial charge in [-0.05, 0) is 38.7 Å². The van der Waals surface area contributed by atoms with Crippen LogP contribution in [0.25, 0.3) is 0 Å². The minimum Gasteiger partial charge on any atom is -0.374 e. The third-order valence-electron chi connectivity index (χ3n) is 4.29. The van der Waals surface area contributed by atoms with Gasteiger partial charge in [-0.15, -0.1) is 0 Å². The summed E-state index contributed by atoms with van der Waals surface area (Å²) in [6.45, 7) is 7.72. The molecule has 2 rings (SSSR count). The molecule has 1 aliphatic rings. The second-order valence-corrected chi connectivity index (χ2v) is 6.36. The normalized spacial score (nSPS) is 20.3. The smallest absolute Gasteiger partial charge is 0.157 e. The van der Waals surface area contributed by atoms with Crippen LogP contribution >= 0.6 is 0 Å². The molecule has 0 aliphatic carbocycles. The molecule has 0 aromatic heterocycles. The van der Waals surface area contributed by atoms with E-state index in [-0.39, 0.29) is 18.5 Å². The van der Waals surface area contributed by atoms with Gasteiger partial charge < -0.3 is 23.7 Å². The van der Waals surface area contributed by atoms with Crippen molar-refractivity contribution in [3.05, 3.63) is 35.9 Å². The van der Waals surface area contributed by atoms with E-state index in [1.807, 2.05) is 32.0 Å². The highest BCUT2D eigenvalue weighted by Gasteiger charge is 2.15. The van der Waals surface area contributed by atoms with E-state index in [0.29, 0.717) is 33.0 Å². The summed E-state index contributed by atoms with van der Waals surface area (Å²) in [6, 6.07) is 10.1. The summed E-state index contributed by atoms with van der Waals surface area (Å²) in [5.41, 5.74) is 1.18. The molecule has 0 radical (unpaired) electrons. The molecule has 25 heavy (non-hydrogen) atoms. The van der Waals surface area contributed by atoms with Crippen LogP contribution in [0, 0.1) is 0 Å². The zero-order valence-electron chi connectivity index (χ0n) is 15.5. The molecular weight excluding hydrogens is 320 g/mol. The zero-order valence-corrected chi connectivity index (χ0v) is 15.5. The summed E-state index contributed by atoms with van der Waals surface area (Å²) in [5.74, 6) is 0. The van der Waals surface area contributed by atoms with Gasteiger partial charge in [-0.25, -0.2) is 0 Å². The molecule has 1 fully saturated rings. The van der Waals surface area contributed by atoms with Crippen molar-refractivity contribution in [3.8, 4) is 0 Å². The molecule has 1 unspecified atom stereocenters. The van der Waals surface area contributed by atoms with Crippen molar-refractivity contribution >= 4 is 0 Å². The van der Waals surface area contributed by atoms with Crippen LogP contribution in [0.2, 0.25) is 0 Å². The Morgan fingerprint density at radius 2 is 1.68 bits per heavy atom. The van der Waals surface area contributed by atoms with Crippen LogP contribution < -0.4 is 0 Å². The maximum atomic E-state index is 5.77. The molecule has 5 nitrogen and oxygen atoms in total. The van der Waals surface area contributed by atoms with Crippen molar-refractivity contribution in [1.29, 1.82) is 0 Å². The number of hydrogen-bond acceptors (Lipinski definition) is 5. The van der Waals surface area contributed by atoms with Crippen molar-refractivity contribution in [2.45, 2.75) is 58.2 Å². The molecular formula is C20H32O5. The lowest BCUT2D eigenvalue weighted by molar-refractivity contribution is -0.174. The van der Waals surface area contributed by atoms with Gasteiger partial charge in [-0.3, -0.25) is 0 Å². The van der Waals surface area contributed by atoms with Crippen molar-refractivity contribution in [2.75, 3.05) is 33.0 Å². The first-order valence-electron chi connectivity index (χ1n) is 9.34. The van der Waals surface area contributed by atoms with Crippen LogP contribution in [-0.4, -0.2) is 51.5 Å². The number of ether oxygens (including phenoxy) is 5. The van der Waals surface area contributed by atoms with Gasteiger partial charge in [0.05, 0.1) is 45.2 Å². The van der Waals surface area contributed by atoms with Crippen LogP contribution in [0.15, 0.2) is 30.3 Å². The number of hydrogen-bond donors (Lipinski definition) is 0. The average molecular weight is 352 g/mol. The Morgan fingerprint density at radius 3 is 2.36 bits per heavy atom. The molecule has 0 N–H and O–H groups in total. The van der Waals surface area contributed by atoms with Gasteiger partial charge in [0.15, 0.2) is 6.29 Å². The summed E-state index contributed by atoms with van der Waals surface area (Å²) in [7, 11) is 0. The van der Waals surface area contributed by atoms with Crippen molar-refractivity contribution < 1.29 is 23.7 Å². The summed E-state index contributed by atoms with van der Waals surface area (Å²) in [4.78, 5) is 0. The van der Waals surface area contributed by atoms with E-state index in [0.717, 1.165) is 19.4 Å². The molecule has 1 heterocycles. The Kier molecular flexibility index (Phi) is 10.1. The van der Waals surface area contributed by atoms with Gasteiger partial charge in [0, 0.05) is 6.61 Å². The lowest BCUT2D eigenvalue weighted by atomic mass is 10.2. The zero-order chi connectivity index (χ0) is 17.7. The van der Waals surface area contributed by atoms with Crippen molar-refractivity contribution in [1.82, 2.24) is 0 Å². The first kappa shape index (κ1) is 20.3. The van der Waals surface area contributed by atoms with Crippen LogP contribution in [0.5, 0.6) is 0 Å². The molecule has 3 atom stereocenters. The highest BCUT2D eigenvalue weighted by molar-refractivity contribution is 5.13. The van der Waals surface area contributed by atoms with Gasteiger partial charge in [0.25, 0.3) is 0 Å². The quantitative estimate of drug-likeness (QED) is 0.538. The standard InChI is InChI=1S/C20H32O5/c1-17(22-13-12-21-16-19-8-4-3-5-9-19)18(2)23-14-15-25-20-10-6-7-11-24-20/h3-5,8-9,17-18,20H,6-7,10-16H2,1-2H3/t17-,18-,20?/m0/s1. The molecule has 1 saturated heterocycles. The van der Waals surface area contributed by atoms with E-state index >= 15 is 0 Å². The van der Waals surface area contributed by atoms with E-state index in [2.05, 4.69) is 12.1 Å². The molecule has 0 spiro atoms. The van der Waals surface area contributed by atoms with Crippen LogP contribution in [0.4, 0.5) is 0 Å². The van der Waals surface area contributed by atoms with Crippen LogP contribution in [-0.2, 0) is 30.3 Å². The van der Waals surface area contributed by atoms with E-state index < -0.39 is 0 Å². The third kappa shape index (κ3) is 8.79. The van der Waals surface area contributed by atoms with Gasteiger partial charge >= 0.3 is 0 Å². The minimum absolute atomic E-state index is 0.0185. The monoisotopic (exact) mass is 352 g/mol.